The summed E-state index contributed by atoms with van der Waals surface area (Å²) in [7, 11) is -7.31. The summed E-state index contributed by atoms with van der Waals surface area (Å²) in [5.74, 6) is 0.450. The SMILES string of the molecule is CS(=O)(=O)Oc1ccc(C2(c3ccc(OS(C)(=O)=O)cc3)c3ccccc3-c3ccccc32)cc1. The first-order valence-corrected chi connectivity index (χ1v) is 14.4. The van der Waals surface area contributed by atoms with Gasteiger partial charge >= 0.3 is 20.2 Å². The van der Waals surface area contributed by atoms with Crippen molar-refractivity contribution in [2.24, 2.45) is 0 Å². The zero-order valence-corrected chi connectivity index (χ0v) is 20.6. The van der Waals surface area contributed by atoms with Crippen molar-refractivity contribution in [3.8, 4) is 22.6 Å². The first-order valence-electron chi connectivity index (χ1n) is 10.8. The van der Waals surface area contributed by atoms with Crippen LogP contribution in [0.3, 0.4) is 0 Å². The van der Waals surface area contributed by atoms with Crippen LogP contribution < -0.4 is 8.37 Å². The van der Waals surface area contributed by atoms with Gasteiger partial charge in [-0.25, -0.2) is 0 Å². The van der Waals surface area contributed by atoms with Gasteiger partial charge in [-0.15, -0.1) is 0 Å². The van der Waals surface area contributed by atoms with E-state index in [-0.39, 0.29) is 11.5 Å². The zero-order chi connectivity index (χ0) is 24.8. The molecule has 0 bridgehead atoms. The van der Waals surface area contributed by atoms with Crippen LogP contribution in [0.2, 0.25) is 0 Å². The van der Waals surface area contributed by atoms with E-state index in [9.17, 15) is 16.8 Å². The Labute approximate surface area is 205 Å². The van der Waals surface area contributed by atoms with Gasteiger partial charge in [0, 0.05) is 0 Å². The van der Waals surface area contributed by atoms with Gasteiger partial charge in [-0.2, -0.15) is 16.8 Å². The Morgan fingerprint density at radius 1 is 0.514 bits per heavy atom. The lowest BCUT2D eigenvalue weighted by Crippen LogP contribution is -2.28. The Bertz CT molecular complexity index is 1500. The highest BCUT2D eigenvalue weighted by Crippen LogP contribution is 2.56. The van der Waals surface area contributed by atoms with E-state index in [4.69, 9.17) is 8.37 Å². The molecule has 0 atom stereocenters. The topological polar surface area (TPSA) is 86.7 Å². The first kappa shape index (κ1) is 23.1. The van der Waals surface area contributed by atoms with Crippen molar-refractivity contribution in [3.63, 3.8) is 0 Å². The van der Waals surface area contributed by atoms with Crippen LogP contribution in [0.15, 0.2) is 97.1 Å². The van der Waals surface area contributed by atoms with Crippen LogP contribution in [0.5, 0.6) is 11.5 Å². The summed E-state index contributed by atoms with van der Waals surface area (Å²) in [5.41, 5.74) is 5.41. The summed E-state index contributed by atoms with van der Waals surface area (Å²) in [4.78, 5) is 0. The van der Waals surface area contributed by atoms with Crippen molar-refractivity contribution in [2.45, 2.75) is 5.41 Å². The highest BCUT2D eigenvalue weighted by Gasteiger charge is 2.45. The van der Waals surface area contributed by atoms with Crippen molar-refractivity contribution in [1.82, 2.24) is 0 Å². The van der Waals surface area contributed by atoms with Crippen LogP contribution in [0.25, 0.3) is 11.1 Å². The minimum Gasteiger partial charge on any atom is -0.383 e. The summed E-state index contributed by atoms with van der Waals surface area (Å²) in [6.45, 7) is 0. The Balaban J connectivity index is 1.76. The van der Waals surface area contributed by atoms with Gasteiger partial charge in [0.1, 0.15) is 11.5 Å². The maximum absolute atomic E-state index is 11.6. The second-order valence-corrected chi connectivity index (χ2v) is 11.6. The monoisotopic (exact) mass is 506 g/mol. The molecule has 0 aliphatic heterocycles. The minimum atomic E-state index is -3.66. The average Bonchev–Trinajstić information content (AvgIpc) is 3.10. The molecule has 0 aromatic heterocycles. The molecule has 4 aromatic carbocycles. The molecule has 0 heterocycles. The molecule has 8 heteroatoms. The molecule has 5 rings (SSSR count). The summed E-state index contributed by atoms with van der Waals surface area (Å²) >= 11 is 0. The Kier molecular flexibility index (Phi) is 5.45. The summed E-state index contributed by atoms with van der Waals surface area (Å²) in [6.07, 6.45) is 2.01. The quantitative estimate of drug-likeness (QED) is 0.310. The van der Waals surface area contributed by atoms with Crippen LogP contribution in [0.4, 0.5) is 0 Å². The van der Waals surface area contributed by atoms with Crippen LogP contribution in [-0.4, -0.2) is 29.3 Å². The standard InChI is InChI=1S/C27H22O6S2/c1-34(28,29)32-21-15-11-19(12-16-21)27(20-13-17-22(18-14-20)33-35(2,30)31)25-9-5-3-7-23(25)24-8-4-6-10-26(24)27/h3-18H,1-2H3. The lowest BCUT2D eigenvalue weighted by molar-refractivity contribution is 0.491. The number of hydrogen-bond acceptors (Lipinski definition) is 6. The molecule has 1 aliphatic rings. The van der Waals surface area contributed by atoms with E-state index in [0.29, 0.717) is 0 Å². The molecule has 178 valence electrons. The highest BCUT2D eigenvalue weighted by molar-refractivity contribution is 7.86. The summed E-state index contributed by atoms with van der Waals surface area (Å²) in [6, 6.07) is 30.3. The maximum Gasteiger partial charge on any atom is 0.306 e. The van der Waals surface area contributed by atoms with E-state index in [1.54, 1.807) is 24.3 Å². The van der Waals surface area contributed by atoms with Crippen LogP contribution in [0.1, 0.15) is 22.3 Å². The molecule has 0 N–H and O–H groups in total. The third-order valence-corrected chi connectivity index (χ3v) is 7.01. The van der Waals surface area contributed by atoms with E-state index in [2.05, 4.69) is 24.3 Å². The highest BCUT2D eigenvalue weighted by atomic mass is 32.2. The predicted octanol–water partition coefficient (Wildman–Crippen LogP) is 4.73. The maximum atomic E-state index is 11.6. The number of benzene rings is 4. The molecule has 4 aromatic rings. The van der Waals surface area contributed by atoms with Crippen molar-refractivity contribution >= 4 is 20.2 Å². The summed E-state index contributed by atoms with van der Waals surface area (Å²) < 4.78 is 56.5. The Morgan fingerprint density at radius 3 is 1.20 bits per heavy atom. The predicted molar refractivity (Wildman–Crippen MR) is 135 cm³/mol. The Morgan fingerprint density at radius 2 is 0.857 bits per heavy atom. The molecule has 6 nitrogen and oxygen atoms in total. The third-order valence-electron chi connectivity index (χ3n) is 6.02. The molecule has 0 spiro atoms. The van der Waals surface area contributed by atoms with E-state index in [1.807, 2.05) is 48.5 Å². The van der Waals surface area contributed by atoms with Crippen LogP contribution >= 0.6 is 0 Å². The number of hydrogen-bond donors (Lipinski definition) is 0. The van der Waals surface area contributed by atoms with Gasteiger partial charge in [0.05, 0.1) is 17.9 Å². The van der Waals surface area contributed by atoms with Gasteiger partial charge < -0.3 is 8.37 Å². The van der Waals surface area contributed by atoms with Crippen molar-refractivity contribution in [1.29, 1.82) is 0 Å². The number of fused-ring (bicyclic) bond motifs is 3. The van der Waals surface area contributed by atoms with E-state index in [0.717, 1.165) is 45.9 Å². The van der Waals surface area contributed by atoms with Crippen LogP contribution in [0, 0.1) is 0 Å². The number of rotatable bonds is 6. The molecule has 0 amide bonds. The average molecular weight is 507 g/mol. The van der Waals surface area contributed by atoms with Gasteiger partial charge in [0.15, 0.2) is 0 Å². The van der Waals surface area contributed by atoms with Crippen molar-refractivity contribution in [3.05, 3.63) is 119 Å². The normalized spacial score (nSPS) is 14.1. The molecule has 0 saturated carbocycles. The first-order chi connectivity index (χ1) is 16.6. The molecular weight excluding hydrogens is 484 g/mol. The lowest BCUT2D eigenvalue weighted by Gasteiger charge is -2.34. The molecule has 35 heavy (non-hydrogen) atoms. The van der Waals surface area contributed by atoms with E-state index < -0.39 is 25.7 Å². The van der Waals surface area contributed by atoms with Gasteiger partial charge in [0.25, 0.3) is 0 Å². The van der Waals surface area contributed by atoms with Crippen molar-refractivity contribution < 1.29 is 25.2 Å². The van der Waals surface area contributed by atoms with Crippen molar-refractivity contribution in [2.75, 3.05) is 12.5 Å². The third kappa shape index (κ3) is 4.19. The molecule has 0 saturated heterocycles. The molecule has 1 aliphatic carbocycles. The molecule has 0 radical (unpaired) electrons. The molecular formula is C27H22O6S2. The zero-order valence-electron chi connectivity index (χ0n) is 19.0. The fraction of sp³-hybridized carbons (Fsp3) is 0.111. The fourth-order valence-electron chi connectivity index (χ4n) is 4.89. The molecule has 0 fully saturated rings. The summed E-state index contributed by atoms with van der Waals surface area (Å²) in [5, 5.41) is 0. The van der Waals surface area contributed by atoms with Gasteiger partial charge in [0.2, 0.25) is 0 Å². The molecule has 0 unspecified atom stereocenters. The van der Waals surface area contributed by atoms with Gasteiger partial charge in [-0.1, -0.05) is 72.8 Å². The minimum absolute atomic E-state index is 0.225. The second kappa shape index (κ2) is 8.25. The second-order valence-electron chi connectivity index (χ2n) is 8.46. The van der Waals surface area contributed by atoms with Gasteiger partial charge in [-0.05, 0) is 57.6 Å². The van der Waals surface area contributed by atoms with Gasteiger partial charge in [-0.3, -0.25) is 0 Å². The fourth-order valence-corrected chi connectivity index (χ4v) is 5.82. The Hall–Kier alpha value is -3.62. The lowest BCUT2D eigenvalue weighted by atomic mass is 9.68. The van der Waals surface area contributed by atoms with E-state index in [1.165, 1.54) is 0 Å². The smallest absolute Gasteiger partial charge is 0.306 e. The largest absolute Gasteiger partial charge is 0.383 e. The van der Waals surface area contributed by atoms with Crippen LogP contribution in [-0.2, 0) is 25.7 Å². The van der Waals surface area contributed by atoms with E-state index >= 15 is 0 Å².